The van der Waals surface area contributed by atoms with Crippen LogP contribution in [0.1, 0.15) is 13.8 Å². The van der Waals surface area contributed by atoms with E-state index < -0.39 is 0 Å². The van der Waals surface area contributed by atoms with Crippen LogP contribution in [0.25, 0.3) is 0 Å². The third kappa shape index (κ3) is 5.92. The fraction of sp³-hybridized carbons (Fsp3) is 0.667. The lowest BCUT2D eigenvalue weighted by molar-refractivity contribution is 0.289. The molecule has 0 rings (SSSR count). The monoisotopic (exact) mass is 130 g/mol. The first-order chi connectivity index (χ1) is 3.77. The maximum Gasteiger partial charge on any atom is 0.184 e. The molecule has 0 aromatic carbocycles. The van der Waals surface area contributed by atoms with Crippen LogP contribution in [-0.4, -0.2) is 16.4 Å². The maximum absolute atomic E-state index is 5.27. The standard InChI is InChI=1S/C6H14OSi/c1-4-8-7-5-6(2)3/h4,6H,1,5,8H2,2-3H3. The van der Waals surface area contributed by atoms with Gasteiger partial charge in [-0.05, 0) is 5.92 Å². The van der Waals surface area contributed by atoms with E-state index in [9.17, 15) is 0 Å². The lowest BCUT2D eigenvalue weighted by Crippen LogP contribution is -2.03. The first kappa shape index (κ1) is 7.92. The summed E-state index contributed by atoms with van der Waals surface area (Å²) in [4.78, 5) is 0. The first-order valence-electron chi connectivity index (χ1n) is 2.96. The molecule has 0 unspecified atom stereocenters. The van der Waals surface area contributed by atoms with E-state index in [2.05, 4.69) is 20.4 Å². The Morgan fingerprint density at radius 2 is 2.38 bits per heavy atom. The van der Waals surface area contributed by atoms with Gasteiger partial charge in [-0.25, -0.2) is 0 Å². The van der Waals surface area contributed by atoms with Crippen molar-refractivity contribution < 1.29 is 4.43 Å². The quantitative estimate of drug-likeness (QED) is 0.405. The van der Waals surface area contributed by atoms with E-state index in [1.807, 2.05) is 5.70 Å². The number of hydrogen-bond donors (Lipinski definition) is 0. The molecule has 0 spiro atoms. The molecule has 8 heavy (non-hydrogen) atoms. The van der Waals surface area contributed by atoms with Crippen molar-refractivity contribution >= 4 is 9.76 Å². The molecule has 0 N–H and O–H groups in total. The number of rotatable bonds is 4. The molecule has 0 radical (unpaired) electrons. The largest absolute Gasteiger partial charge is 0.419 e. The van der Waals surface area contributed by atoms with E-state index in [0.717, 1.165) is 6.61 Å². The SMILES string of the molecule is C=C[SiH2]OCC(C)C. The summed E-state index contributed by atoms with van der Waals surface area (Å²) in [6.45, 7) is 8.80. The van der Waals surface area contributed by atoms with E-state index in [1.54, 1.807) is 0 Å². The summed E-state index contributed by atoms with van der Waals surface area (Å²) < 4.78 is 5.27. The average Bonchev–Trinajstić information content (AvgIpc) is 1.66. The van der Waals surface area contributed by atoms with Crippen molar-refractivity contribution in [1.82, 2.24) is 0 Å². The Morgan fingerprint density at radius 1 is 1.75 bits per heavy atom. The van der Waals surface area contributed by atoms with E-state index >= 15 is 0 Å². The van der Waals surface area contributed by atoms with Crippen LogP contribution in [0.3, 0.4) is 0 Å². The van der Waals surface area contributed by atoms with Crippen molar-refractivity contribution in [3.05, 3.63) is 12.3 Å². The van der Waals surface area contributed by atoms with Crippen molar-refractivity contribution in [1.29, 1.82) is 0 Å². The van der Waals surface area contributed by atoms with Crippen molar-refractivity contribution in [2.75, 3.05) is 6.61 Å². The molecule has 0 amide bonds. The van der Waals surface area contributed by atoms with Crippen LogP contribution >= 0.6 is 0 Å². The van der Waals surface area contributed by atoms with Gasteiger partial charge in [0.1, 0.15) is 0 Å². The van der Waals surface area contributed by atoms with Gasteiger partial charge in [-0.1, -0.05) is 19.5 Å². The molecule has 0 aromatic rings. The molecule has 0 aromatic heterocycles. The second-order valence-corrected chi connectivity index (χ2v) is 3.54. The van der Waals surface area contributed by atoms with Crippen molar-refractivity contribution in [3.63, 3.8) is 0 Å². The topological polar surface area (TPSA) is 9.23 Å². The zero-order chi connectivity index (χ0) is 6.41. The third-order valence-corrected chi connectivity index (χ3v) is 1.39. The smallest absolute Gasteiger partial charge is 0.184 e. The molecule has 0 heterocycles. The fourth-order valence-corrected chi connectivity index (χ4v) is 1.16. The Hall–Kier alpha value is -0.0831. The summed E-state index contributed by atoms with van der Waals surface area (Å²) in [5.41, 5.74) is 1.91. The summed E-state index contributed by atoms with van der Waals surface area (Å²) in [6, 6.07) is 0. The van der Waals surface area contributed by atoms with Gasteiger partial charge in [-0.15, -0.1) is 6.58 Å². The molecule has 0 aliphatic heterocycles. The molecule has 0 bridgehead atoms. The van der Waals surface area contributed by atoms with Gasteiger partial charge in [-0.2, -0.15) is 0 Å². The predicted octanol–water partition coefficient (Wildman–Crippen LogP) is 0.886. The molecule has 0 saturated carbocycles. The van der Waals surface area contributed by atoms with Crippen LogP contribution in [0, 0.1) is 5.92 Å². The molecular formula is C6H14OSi. The highest BCUT2D eigenvalue weighted by Crippen LogP contribution is 1.89. The maximum atomic E-state index is 5.27. The molecule has 0 saturated heterocycles. The first-order valence-corrected chi connectivity index (χ1v) is 4.35. The van der Waals surface area contributed by atoms with Crippen LogP contribution in [0.15, 0.2) is 12.3 Å². The zero-order valence-corrected chi connectivity index (χ0v) is 7.10. The minimum atomic E-state index is -0.357. The van der Waals surface area contributed by atoms with E-state index in [0.29, 0.717) is 5.92 Å². The van der Waals surface area contributed by atoms with Gasteiger partial charge in [0.25, 0.3) is 0 Å². The highest BCUT2D eigenvalue weighted by molar-refractivity contribution is 6.33. The Morgan fingerprint density at radius 3 is 2.75 bits per heavy atom. The van der Waals surface area contributed by atoms with Gasteiger partial charge >= 0.3 is 0 Å². The highest BCUT2D eigenvalue weighted by Gasteiger charge is 1.89. The van der Waals surface area contributed by atoms with Crippen LogP contribution < -0.4 is 0 Å². The van der Waals surface area contributed by atoms with Crippen molar-refractivity contribution in [2.24, 2.45) is 5.92 Å². The van der Waals surface area contributed by atoms with Crippen LogP contribution in [0.2, 0.25) is 0 Å². The Balaban J connectivity index is 2.81. The average molecular weight is 130 g/mol. The molecule has 0 aliphatic carbocycles. The fourth-order valence-electron chi connectivity index (χ4n) is 0.387. The number of hydrogen-bond acceptors (Lipinski definition) is 1. The van der Waals surface area contributed by atoms with E-state index in [4.69, 9.17) is 4.43 Å². The molecule has 0 aliphatic rings. The molecular weight excluding hydrogens is 116 g/mol. The molecule has 0 atom stereocenters. The Kier molecular flexibility index (Phi) is 5.01. The normalized spacial score (nSPS) is 11.4. The molecule has 48 valence electrons. The van der Waals surface area contributed by atoms with Gasteiger partial charge in [-0.3, -0.25) is 0 Å². The summed E-state index contributed by atoms with van der Waals surface area (Å²) in [5.74, 6) is 0.669. The Labute approximate surface area is 53.7 Å². The highest BCUT2D eigenvalue weighted by atomic mass is 28.2. The van der Waals surface area contributed by atoms with Crippen LogP contribution in [-0.2, 0) is 4.43 Å². The minimum absolute atomic E-state index is 0.357. The van der Waals surface area contributed by atoms with Crippen LogP contribution in [0.4, 0.5) is 0 Å². The lowest BCUT2D eigenvalue weighted by atomic mass is 10.2. The Bertz CT molecular complexity index is 61.5. The summed E-state index contributed by atoms with van der Waals surface area (Å²) >= 11 is 0. The third-order valence-electron chi connectivity index (χ3n) is 0.687. The van der Waals surface area contributed by atoms with Gasteiger partial charge in [0.05, 0.1) is 0 Å². The predicted molar refractivity (Wildman–Crippen MR) is 39.5 cm³/mol. The van der Waals surface area contributed by atoms with E-state index in [1.165, 1.54) is 0 Å². The second-order valence-electron chi connectivity index (χ2n) is 2.22. The molecule has 0 fully saturated rings. The van der Waals surface area contributed by atoms with E-state index in [-0.39, 0.29) is 9.76 Å². The molecule has 1 nitrogen and oxygen atoms in total. The zero-order valence-electron chi connectivity index (χ0n) is 5.68. The minimum Gasteiger partial charge on any atom is -0.419 e. The van der Waals surface area contributed by atoms with Crippen molar-refractivity contribution in [3.8, 4) is 0 Å². The summed E-state index contributed by atoms with van der Waals surface area (Å²) in [7, 11) is -0.357. The van der Waals surface area contributed by atoms with Gasteiger partial charge in [0, 0.05) is 6.61 Å². The van der Waals surface area contributed by atoms with Crippen LogP contribution in [0.5, 0.6) is 0 Å². The van der Waals surface area contributed by atoms with Gasteiger partial charge < -0.3 is 4.43 Å². The van der Waals surface area contributed by atoms with Gasteiger partial charge in [0.15, 0.2) is 9.76 Å². The lowest BCUT2D eigenvalue weighted by Gasteiger charge is -2.02. The van der Waals surface area contributed by atoms with Crippen molar-refractivity contribution in [2.45, 2.75) is 13.8 Å². The second kappa shape index (κ2) is 5.06. The van der Waals surface area contributed by atoms with Gasteiger partial charge in [0.2, 0.25) is 0 Å². The summed E-state index contributed by atoms with van der Waals surface area (Å²) in [6.07, 6.45) is 0. The summed E-state index contributed by atoms with van der Waals surface area (Å²) in [5, 5.41) is 0. The molecule has 2 heteroatoms.